The van der Waals surface area contributed by atoms with E-state index in [1.165, 1.54) is 0 Å². The zero-order valence-corrected chi connectivity index (χ0v) is 16.8. The molecule has 0 aliphatic carbocycles. The molecule has 0 fully saturated rings. The number of carbonyl (C=O) groups excluding carboxylic acids is 1. The van der Waals surface area contributed by atoms with Gasteiger partial charge in [0.2, 0.25) is 0 Å². The number of benzene rings is 2. The van der Waals surface area contributed by atoms with Crippen molar-refractivity contribution in [3.05, 3.63) is 70.7 Å². The summed E-state index contributed by atoms with van der Waals surface area (Å²) in [6, 6.07) is 13.4. The lowest BCUT2D eigenvalue weighted by Crippen LogP contribution is -2.16. The maximum Gasteiger partial charge on any atom is 0.274 e. The van der Waals surface area contributed by atoms with E-state index in [1.807, 2.05) is 51.1 Å². The second kappa shape index (κ2) is 8.08. The molecule has 0 spiro atoms. The molecular formula is C22H24N4O2. The van der Waals surface area contributed by atoms with Crippen LogP contribution < -0.4 is 15.4 Å². The largest absolute Gasteiger partial charge is 0.495 e. The second-order valence-electron chi connectivity index (χ2n) is 6.84. The van der Waals surface area contributed by atoms with Crippen LogP contribution in [0.3, 0.4) is 0 Å². The first-order valence-corrected chi connectivity index (χ1v) is 9.01. The third-order valence-electron chi connectivity index (χ3n) is 4.17. The first-order chi connectivity index (χ1) is 13.3. The van der Waals surface area contributed by atoms with Gasteiger partial charge in [0.05, 0.1) is 12.8 Å². The highest BCUT2D eigenvalue weighted by Crippen LogP contribution is 2.26. The van der Waals surface area contributed by atoms with E-state index in [-0.39, 0.29) is 11.6 Å². The first-order valence-electron chi connectivity index (χ1n) is 9.01. The van der Waals surface area contributed by atoms with Gasteiger partial charge in [-0.3, -0.25) is 4.79 Å². The van der Waals surface area contributed by atoms with Gasteiger partial charge in [-0.2, -0.15) is 0 Å². The molecule has 0 radical (unpaired) electrons. The number of rotatable bonds is 5. The predicted molar refractivity (Wildman–Crippen MR) is 112 cm³/mol. The highest BCUT2D eigenvalue weighted by Gasteiger charge is 2.14. The van der Waals surface area contributed by atoms with Crippen molar-refractivity contribution < 1.29 is 9.53 Å². The van der Waals surface area contributed by atoms with Gasteiger partial charge in [-0.1, -0.05) is 12.1 Å². The van der Waals surface area contributed by atoms with E-state index in [2.05, 4.69) is 26.7 Å². The van der Waals surface area contributed by atoms with Crippen molar-refractivity contribution in [2.75, 3.05) is 17.7 Å². The monoisotopic (exact) mass is 376 g/mol. The molecule has 1 aromatic heterocycles. The maximum absolute atomic E-state index is 12.8. The van der Waals surface area contributed by atoms with Crippen molar-refractivity contribution in [3.63, 3.8) is 0 Å². The molecule has 0 bridgehead atoms. The van der Waals surface area contributed by atoms with Crippen LogP contribution in [0.2, 0.25) is 0 Å². The Morgan fingerprint density at radius 2 is 1.61 bits per heavy atom. The average Bonchev–Trinajstić information content (AvgIpc) is 2.60. The van der Waals surface area contributed by atoms with Crippen LogP contribution >= 0.6 is 0 Å². The highest BCUT2D eigenvalue weighted by atomic mass is 16.5. The Bertz CT molecular complexity index is 1010. The SMILES string of the molecule is COc1ccc(C)cc1NC(=O)c1cc(Nc2cc(C)cc(C)c2)nc(C)n1. The first kappa shape index (κ1) is 19.4. The van der Waals surface area contributed by atoms with Crippen LogP contribution in [0.5, 0.6) is 5.75 Å². The fourth-order valence-corrected chi connectivity index (χ4v) is 3.05. The third-order valence-corrected chi connectivity index (χ3v) is 4.17. The van der Waals surface area contributed by atoms with Gasteiger partial charge < -0.3 is 15.4 Å². The molecule has 0 unspecified atom stereocenters. The fraction of sp³-hybridized carbons (Fsp3) is 0.227. The number of nitrogens with zero attached hydrogens (tertiary/aromatic N) is 2. The molecule has 0 aliphatic rings. The number of anilines is 3. The van der Waals surface area contributed by atoms with E-state index >= 15 is 0 Å². The predicted octanol–water partition coefficient (Wildman–Crippen LogP) is 4.71. The zero-order valence-electron chi connectivity index (χ0n) is 16.8. The van der Waals surface area contributed by atoms with Crippen molar-refractivity contribution in [3.8, 4) is 5.75 Å². The van der Waals surface area contributed by atoms with Crippen molar-refractivity contribution in [1.29, 1.82) is 0 Å². The lowest BCUT2D eigenvalue weighted by Gasteiger charge is -2.12. The number of amides is 1. The van der Waals surface area contributed by atoms with Gasteiger partial charge in [-0.15, -0.1) is 0 Å². The van der Waals surface area contributed by atoms with E-state index in [9.17, 15) is 4.79 Å². The molecule has 0 aliphatic heterocycles. The van der Waals surface area contributed by atoms with Gasteiger partial charge in [0.15, 0.2) is 0 Å². The Balaban J connectivity index is 1.86. The van der Waals surface area contributed by atoms with Crippen molar-refractivity contribution >= 4 is 23.1 Å². The van der Waals surface area contributed by atoms with Gasteiger partial charge in [0, 0.05) is 11.8 Å². The molecule has 6 heteroatoms. The molecule has 1 amide bonds. The van der Waals surface area contributed by atoms with Crippen molar-refractivity contribution in [2.24, 2.45) is 0 Å². The summed E-state index contributed by atoms with van der Waals surface area (Å²) in [6.07, 6.45) is 0. The average molecular weight is 376 g/mol. The van der Waals surface area contributed by atoms with Crippen LogP contribution in [0.25, 0.3) is 0 Å². The Morgan fingerprint density at radius 3 is 2.29 bits per heavy atom. The van der Waals surface area contributed by atoms with Gasteiger partial charge in [-0.05, 0) is 68.7 Å². The van der Waals surface area contributed by atoms with Crippen molar-refractivity contribution in [2.45, 2.75) is 27.7 Å². The molecule has 3 rings (SSSR count). The molecule has 28 heavy (non-hydrogen) atoms. The summed E-state index contributed by atoms with van der Waals surface area (Å²) in [5.41, 5.74) is 5.13. The fourth-order valence-electron chi connectivity index (χ4n) is 3.05. The summed E-state index contributed by atoms with van der Waals surface area (Å²) in [5.74, 6) is 1.35. The van der Waals surface area contributed by atoms with Gasteiger partial charge >= 0.3 is 0 Å². The number of carbonyl (C=O) groups is 1. The summed E-state index contributed by atoms with van der Waals surface area (Å²) in [4.78, 5) is 21.5. The van der Waals surface area contributed by atoms with Crippen LogP contribution in [0.1, 0.15) is 33.0 Å². The normalized spacial score (nSPS) is 10.5. The van der Waals surface area contributed by atoms with Crippen LogP contribution in [0.15, 0.2) is 42.5 Å². The maximum atomic E-state index is 12.8. The van der Waals surface area contributed by atoms with Crippen LogP contribution in [-0.4, -0.2) is 23.0 Å². The molecular weight excluding hydrogens is 352 g/mol. The third kappa shape index (κ3) is 4.65. The number of aromatic nitrogens is 2. The van der Waals surface area contributed by atoms with Crippen LogP contribution in [-0.2, 0) is 0 Å². The minimum absolute atomic E-state index is 0.280. The summed E-state index contributed by atoms with van der Waals surface area (Å²) in [5, 5.41) is 6.13. The number of methoxy groups -OCH3 is 1. The van der Waals surface area contributed by atoms with Gasteiger partial charge in [-0.25, -0.2) is 9.97 Å². The Labute approximate surface area is 165 Å². The number of nitrogens with one attached hydrogen (secondary N) is 2. The van der Waals surface area contributed by atoms with Gasteiger partial charge in [0.1, 0.15) is 23.1 Å². The van der Waals surface area contributed by atoms with Crippen LogP contribution in [0.4, 0.5) is 17.2 Å². The van der Waals surface area contributed by atoms with Gasteiger partial charge in [0.25, 0.3) is 5.91 Å². The molecule has 0 saturated heterocycles. The van der Waals surface area contributed by atoms with E-state index in [0.29, 0.717) is 23.1 Å². The number of aryl methyl sites for hydroxylation is 4. The smallest absolute Gasteiger partial charge is 0.274 e. The van der Waals surface area contributed by atoms with Crippen molar-refractivity contribution in [1.82, 2.24) is 9.97 Å². The quantitative estimate of drug-likeness (QED) is 0.674. The Kier molecular flexibility index (Phi) is 5.59. The highest BCUT2D eigenvalue weighted by molar-refractivity contribution is 6.04. The lowest BCUT2D eigenvalue weighted by atomic mass is 10.1. The molecule has 6 nitrogen and oxygen atoms in total. The molecule has 2 aromatic carbocycles. The number of hydrogen-bond acceptors (Lipinski definition) is 5. The summed E-state index contributed by atoms with van der Waals surface area (Å²) in [7, 11) is 1.57. The van der Waals surface area contributed by atoms with Crippen LogP contribution in [0, 0.1) is 27.7 Å². The minimum Gasteiger partial charge on any atom is -0.495 e. The molecule has 0 saturated carbocycles. The minimum atomic E-state index is -0.321. The van der Waals surface area contributed by atoms with E-state index in [1.54, 1.807) is 20.1 Å². The second-order valence-corrected chi connectivity index (χ2v) is 6.84. The molecule has 0 atom stereocenters. The topological polar surface area (TPSA) is 76.1 Å². The number of hydrogen-bond donors (Lipinski definition) is 2. The summed E-state index contributed by atoms with van der Waals surface area (Å²) >= 11 is 0. The van der Waals surface area contributed by atoms with E-state index < -0.39 is 0 Å². The molecule has 2 N–H and O–H groups in total. The molecule has 3 aromatic rings. The van der Waals surface area contributed by atoms with E-state index in [0.717, 1.165) is 22.4 Å². The Morgan fingerprint density at radius 1 is 0.893 bits per heavy atom. The Hall–Kier alpha value is -3.41. The lowest BCUT2D eigenvalue weighted by molar-refractivity contribution is 0.102. The summed E-state index contributed by atoms with van der Waals surface area (Å²) < 4.78 is 5.33. The van der Waals surface area contributed by atoms with E-state index in [4.69, 9.17) is 4.74 Å². The zero-order chi connectivity index (χ0) is 20.3. The number of ether oxygens (including phenoxy) is 1. The standard InChI is InChI=1S/C22H24N4O2/c1-13-6-7-20(28-5)18(11-13)26-22(27)19-12-21(24-16(4)23-19)25-17-9-14(2)8-15(3)10-17/h6-12H,1-5H3,(H,26,27)(H,23,24,25). The molecule has 1 heterocycles. The molecule has 144 valence electrons. The summed E-state index contributed by atoms with van der Waals surface area (Å²) in [6.45, 7) is 7.79.